The number of hydrogen-bond acceptors (Lipinski definition) is 5. The van der Waals surface area contributed by atoms with Crippen molar-refractivity contribution in [2.45, 2.75) is 13.1 Å². The molecule has 0 unspecified atom stereocenters. The summed E-state index contributed by atoms with van der Waals surface area (Å²) in [6.07, 6.45) is -4.60. The lowest BCUT2D eigenvalue weighted by atomic mass is 10.1. The minimum Gasteiger partial charge on any atom is -0.494 e. The number of thiophene rings is 1. The highest BCUT2D eigenvalue weighted by atomic mass is 32.1. The minimum atomic E-state index is -4.60. The Morgan fingerprint density at radius 3 is 2.38 bits per heavy atom. The number of amides is 2. The van der Waals surface area contributed by atoms with Crippen LogP contribution in [0.3, 0.4) is 0 Å². The van der Waals surface area contributed by atoms with Gasteiger partial charge in [-0.1, -0.05) is 12.1 Å². The van der Waals surface area contributed by atoms with Crippen LogP contribution in [0.1, 0.15) is 17.4 Å². The average Bonchev–Trinajstić information content (AvgIpc) is 3.36. The summed E-state index contributed by atoms with van der Waals surface area (Å²) in [6.45, 7) is 2.36. The normalized spacial score (nSPS) is 14.3. The molecule has 1 aliphatic rings. The Morgan fingerprint density at radius 1 is 1.00 bits per heavy atom. The van der Waals surface area contributed by atoms with Crippen LogP contribution in [0, 0.1) is 0 Å². The molecule has 2 heterocycles. The summed E-state index contributed by atoms with van der Waals surface area (Å²) in [5.41, 5.74) is -0.451. The molecule has 164 valence electrons. The van der Waals surface area contributed by atoms with Crippen LogP contribution in [0.4, 0.5) is 24.5 Å². The van der Waals surface area contributed by atoms with Crippen LogP contribution in [0.5, 0.6) is 5.75 Å². The van der Waals surface area contributed by atoms with E-state index < -0.39 is 23.6 Å². The Kier molecular flexibility index (Phi) is 5.75. The number of halogens is 3. The largest absolute Gasteiger partial charge is 0.494 e. The zero-order valence-electron chi connectivity index (χ0n) is 16.8. The number of anilines is 2. The Balaban J connectivity index is 1.73. The fourth-order valence-electron chi connectivity index (χ4n) is 3.30. The number of nitrogens with zero attached hydrogens (tertiary/aromatic N) is 1. The minimum absolute atomic E-state index is 0.000906. The van der Waals surface area contributed by atoms with Crippen molar-refractivity contribution < 1.29 is 27.5 Å². The second kappa shape index (κ2) is 8.51. The first-order valence-electron chi connectivity index (χ1n) is 9.63. The molecular weight excluding hydrogens is 441 g/mol. The summed E-state index contributed by atoms with van der Waals surface area (Å²) in [6, 6.07) is 14.4. The number of hydrogen-bond donors (Lipinski definition) is 1. The van der Waals surface area contributed by atoms with Crippen LogP contribution in [-0.2, 0) is 15.8 Å². The summed E-state index contributed by atoms with van der Waals surface area (Å²) in [5, 5.41) is 4.72. The smallest absolute Gasteiger partial charge is 0.416 e. The molecule has 2 aromatic carbocycles. The van der Waals surface area contributed by atoms with Crippen LogP contribution in [0.15, 0.2) is 71.7 Å². The molecular formula is C23H17F3N2O3S. The molecule has 0 saturated heterocycles. The first-order valence-corrected chi connectivity index (χ1v) is 10.5. The highest BCUT2D eigenvalue weighted by Gasteiger charge is 2.41. The molecule has 1 N–H and O–H groups in total. The fraction of sp³-hybridized carbons (Fsp3) is 0.130. The standard InChI is InChI=1S/C23H17F3N2O3S/c1-2-31-17-10-8-15(9-11-17)27-20-19(18-7-4-12-32-18)21(29)28(22(20)30)16-6-3-5-14(13-16)23(24,25)26/h3-13,27H,2H2,1H3. The lowest BCUT2D eigenvalue weighted by Gasteiger charge is -2.17. The van der Waals surface area contributed by atoms with Gasteiger partial charge in [0.1, 0.15) is 11.4 Å². The molecule has 0 radical (unpaired) electrons. The Morgan fingerprint density at radius 2 is 1.75 bits per heavy atom. The van der Waals surface area contributed by atoms with Crippen molar-refractivity contribution in [3.8, 4) is 5.75 Å². The average molecular weight is 458 g/mol. The highest BCUT2D eigenvalue weighted by Crippen LogP contribution is 2.38. The third kappa shape index (κ3) is 4.11. The zero-order valence-corrected chi connectivity index (χ0v) is 17.6. The predicted molar refractivity (Wildman–Crippen MR) is 116 cm³/mol. The molecule has 0 spiro atoms. The molecule has 4 rings (SSSR count). The second-order valence-corrected chi connectivity index (χ2v) is 7.75. The number of rotatable bonds is 6. The van der Waals surface area contributed by atoms with Gasteiger partial charge >= 0.3 is 6.18 Å². The van der Waals surface area contributed by atoms with Gasteiger partial charge in [0.2, 0.25) is 0 Å². The zero-order chi connectivity index (χ0) is 22.9. The van der Waals surface area contributed by atoms with E-state index in [1.54, 1.807) is 41.8 Å². The summed E-state index contributed by atoms with van der Waals surface area (Å²) in [4.78, 5) is 27.8. The number of nitrogens with one attached hydrogen (secondary N) is 1. The summed E-state index contributed by atoms with van der Waals surface area (Å²) >= 11 is 1.26. The molecule has 9 heteroatoms. The van der Waals surface area contributed by atoms with E-state index in [1.807, 2.05) is 6.92 Å². The van der Waals surface area contributed by atoms with Gasteiger partial charge in [-0.25, -0.2) is 4.90 Å². The van der Waals surface area contributed by atoms with Crippen molar-refractivity contribution in [2.75, 3.05) is 16.8 Å². The van der Waals surface area contributed by atoms with Crippen LogP contribution in [0.2, 0.25) is 0 Å². The van der Waals surface area contributed by atoms with E-state index in [0.29, 0.717) is 22.9 Å². The first-order chi connectivity index (χ1) is 15.3. The van der Waals surface area contributed by atoms with Crippen molar-refractivity contribution >= 4 is 40.1 Å². The van der Waals surface area contributed by atoms with Gasteiger partial charge in [-0.05, 0) is 60.8 Å². The molecule has 0 atom stereocenters. The van der Waals surface area contributed by atoms with Crippen molar-refractivity contribution in [1.29, 1.82) is 0 Å². The maximum Gasteiger partial charge on any atom is 0.416 e. The van der Waals surface area contributed by atoms with E-state index in [2.05, 4.69) is 5.32 Å². The number of carbonyl (C=O) groups excluding carboxylic acids is 2. The van der Waals surface area contributed by atoms with E-state index in [4.69, 9.17) is 4.74 Å². The molecule has 3 aromatic rings. The molecule has 2 amide bonds. The number of alkyl halides is 3. The summed E-state index contributed by atoms with van der Waals surface area (Å²) < 4.78 is 44.9. The number of ether oxygens (including phenoxy) is 1. The quantitative estimate of drug-likeness (QED) is 0.491. The second-order valence-electron chi connectivity index (χ2n) is 6.80. The van der Waals surface area contributed by atoms with Crippen molar-refractivity contribution in [2.24, 2.45) is 0 Å². The van der Waals surface area contributed by atoms with Gasteiger partial charge in [-0.15, -0.1) is 11.3 Å². The van der Waals surface area contributed by atoms with Gasteiger partial charge in [0.05, 0.1) is 23.4 Å². The van der Waals surface area contributed by atoms with Gasteiger partial charge in [-0.3, -0.25) is 9.59 Å². The molecule has 5 nitrogen and oxygen atoms in total. The Bertz CT molecular complexity index is 1190. The Hall–Kier alpha value is -3.59. The molecule has 0 bridgehead atoms. The third-order valence-electron chi connectivity index (χ3n) is 4.72. The molecule has 1 aliphatic heterocycles. The maximum atomic E-state index is 13.2. The van der Waals surface area contributed by atoms with E-state index in [0.717, 1.165) is 17.0 Å². The molecule has 32 heavy (non-hydrogen) atoms. The molecule has 0 saturated carbocycles. The number of benzene rings is 2. The van der Waals surface area contributed by atoms with Crippen LogP contribution in [-0.4, -0.2) is 18.4 Å². The van der Waals surface area contributed by atoms with Gasteiger partial charge in [-0.2, -0.15) is 13.2 Å². The van der Waals surface area contributed by atoms with Gasteiger partial charge in [0.25, 0.3) is 11.8 Å². The van der Waals surface area contributed by atoms with Gasteiger partial charge < -0.3 is 10.1 Å². The predicted octanol–water partition coefficient (Wildman–Crippen LogP) is 5.56. The van der Waals surface area contributed by atoms with E-state index >= 15 is 0 Å². The van der Waals surface area contributed by atoms with Crippen LogP contribution >= 0.6 is 11.3 Å². The SMILES string of the molecule is CCOc1ccc(NC2=C(c3cccs3)C(=O)N(c3cccc(C(F)(F)F)c3)C2=O)cc1. The maximum absolute atomic E-state index is 13.2. The molecule has 1 aromatic heterocycles. The highest BCUT2D eigenvalue weighted by molar-refractivity contribution is 7.11. The van der Waals surface area contributed by atoms with Crippen molar-refractivity contribution in [3.05, 3.63) is 82.2 Å². The Labute approximate surface area is 185 Å². The monoisotopic (exact) mass is 458 g/mol. The third-order valence-corrected chi connectivity index (χ3v) is 5.61. The van der Waals surface area contributed by atoms with Crippen LogP contribution < -0.4 is 15.0 Å². The fourth-order valence-corrected chi connectivity index (χ4v) is 4.06. The van der Waals surface area contributed by atoms with Gasteiger partial charge in [0, 0.05) is 10.6 Å². The topological polar surface area (TPSA) is 58.6 Å². The van der Waals surface area contributed by atoms with E-state index in [1.165, 1.54) is 23.5 Å². The van der Waals surface area contributed by atoms with Gasteiger partial charge in [0.15, 0.2) is 0 Å². The molecule has 0 aliphatic carbocycles. The number of carbonyl (C=O) groups is 2. The lowest BCUT2D eigenvalue weighted by molar-refractivity contribution is -0.137. The molecule has 0 fully saturated rings. The first kappa shape index (κ1) is 21.6. The summed E-state index contributed by atoms with van der Waals surface area (Å²) in [5.74, 6) is -0.776. The summed E-state index contributed by atoms with van der Waals surface area (Å²) in [7, 11) is 0. The lowest BCUT2D eigenvalue weighted by Crippen LogP contribution is -2.32. The van der Waals surface area contributed by atoms with Crippen molar-refractivity contribution in [3.63, 3.8) is 0 Å². The van der Waals surface area contributed by atoms with E-state index in [-0.39, 0.29) is 17.0 Å². The van der Waals surface area contributed by atoms with Crippen LogP contribution in [0.25, 0.3) is 5.57 Å². The number of imide groups is 1. The van der Waals surface area contributed by atoms with E-state index in [9.17, 15) is 22.8 Å². The van der Waals surface area contributed by atoms with Crippen molar-refractivity contribution in [1.82, 2.24) is 0 Å².